The van der Waals surface area contributed by atoms with Crippen LogP contribution in [-0.2, 0) is 15.8 Å². The van der Waals surface area contributed by atoms with Crippen molar-refractivity contribution in [1.82, 2.24) is 5.32 Å². The number of amides is 2. The van der Waals surface area contributed by atoms with Crippen molar-refractivity contribution in [3.05, 3.63) is 35.4 Å². The zero-order valence-corrected chi connectivity index (χ0v) is 12.5. The molecule has 0 radical (unpaired) electrons. The van der Waals surface area contributed by atoms with Crippen molar-refractivity contribution in [2.45, 2.75) is 31.6 Å². The van der Waals surface area contributed by atoms with E-state index in [2.05, 4.69) is 5.32 Å². The Hall–Kier alpha value is -1.80. The summed E-state index contributed by atoms with van der Waals surface area (Å²) >= 11 is 0. The van der Waals surface area contributed by atoms with E-state index >= 15 is 0 Å². The maximum Gasteiger partial charge on any atom is 0.416 e. The van der Waals surface area contributed by atoms with Gasteiger partial charge in [-0.1, -0.05) is 12.1 Å². The largest absolute Gasteiger partial charge is 0.416 e. The number of carbonyl (C=O) groups is 2. The van der Waals surface area contributed by atoms with Gasteiger partial charge in [-0.05, 0) is 24.6 Å². The molecule has 0 spiro atoms. The first-order chi connectivity index (χ1) is 9.61. The molecule has 0 aliphatic heterocycles. The van der Waals surface area contributed by atoms with Crippen LogP contribution in [0.4, 0.5) is 13.2 Å². The van der Waals surface area contributed by atoms with Crippen LogP contribution in [-0.4, -0.2) is 17.9 Å². The summed E-state index contributed by atoms with van der Waals surface area (Å²) in [5.41, 5.74) is 9.85. The minimum absolute atomic E-state index is 0. The highest BCUT2D eigenvalue weighted by Crippen LogP contribution is 2.30. The summed E-state index contributed by atoms with van der Waals surface area (Å²) in [5.74, 6) is -1.39. The quantitative estimate of drug-likeness (QED) is 0.758. The fraction of sp³-hybridized carbons (Fsp3) is 0.385. The first kappa shape index (κ1) is 20.2. The Labute approximate surface area is 131 Å². The van der Waals surface area contributed by atoms with Gasteiger partial charge in [-0.15, -0.1) is 12.4 Å². The smallest absolute Gasteiger partial charge is 0.370 e. The Morgan fingerprint density at radius 1 is 1.32 bits per heavy atom. The van der Waals surface area contributed by atoms with Crippen molar-refractivity contribution >= 4 is 24.2 Å². The molecule has 22 heavy (non-hydrogen) atoms. The van der Waals surface area contributed by atoms with Gasteiger partial charge < -0.3 is 16.8 Å². The average molecular weight is 340 g/mol. The molecule has 5 nitrogen and oxygen atoms in total. The number of nitrogens with one attached hydrogen (secondary N) is 1. The van der Waals surface area contributed by atoms with Gasteiger partial charge in [0.15, 0.2) is 0 Å². The number of hydrogen-bond donors (Lipinski definition) is 3. The minimum Gasteiger partial charge on any atom is -0.370 e. The lowest BCUT2D eigenvalue weighted by Crippen LogP contribution is -2.43. The summed E-state index contributed by atoms with van der Waals surface area (Å²) in [6.45, 7) is 1.52. The van der Waals surface area contributed by atoms with E-state index in [1.54, 1.807) is 0 Å². The van der Waals surface area contributed by atoms with Gasteiger partial charge in [-0.3, -0.25) is 9.59 Å². The van der Waals surface area contributed by atoms with Crippen LogP contribution in [0.1, 0.15) is 30.5 Å². The highest BCUT2D eigenvalue weighted by Gasteiger charge is 2.30. The number of rotatable bonds is 5. The summed E-state index contributed by atoms with van der Waals surface area (Å²) in [6, 6.07) is 2.79. The van der Waals surface area contributed by atoms with E-state index in [9.17, 15) is 22.8 Å². The third-order valence-electron chi connectivity index (χ3n) is 2.83. The molecular weight excluding hydrogens is 323 g/mol. The number of carbonyl (C=O) groups excluding carboxylic acids is 2. The van der Waals surface area contributed by atoms with Gasteiger partial charge >= 0.3 is 6.18 Å². The van der Waals surface area contributed by atoms with Crippen molar-refractivity contribution in [3.63, 3.8) is 0 Å². The van der Waals surface area contributed by atoms with Gasteiger partial charge in [-0.25, -0.2) is 0 Å². The summed E-state index contributed by atoms with van der Waals surface area (Å²) in [6.07, 6.45) is -4.79. The van der Waals surface area contributed by atoms with Crippen LogP contribution in [0.3, 0.4) is 0 Å². The number of halogens is 4. The van der Waals surface area contributed by atoms with E-state index in [0.29, 0.717) is 0 Å². The minimum atomic E-state index is -4.46. The second-order valence-electron chi connectivity index (χ2n) is 4.63. The van der Waals surface area contributed by atoms with Gasteiger partial charge in [0.2, 0.25) is 11.8 Å². The second kappa shape index (κ2) is 8.00. The molecule has 0 saturated carbocycles. The van der Waals surface area contributed by atoms with Crippen LogP contribution < -0.4 is 16.8 Å². The number of benzene rings is 1. The van der Waals surface area contributed by atoms with E-state index < -0.39 is 35.6 Å². The number of nitrogens with two attached hydrogens (primary N) is 2. The zero-order valence-electron chi connectivity index (χ0n) is 11.7. The van der Waals surface area contributed by atoms with Crippen LogP contribution >= 0.6 is 12.4 Å². The molecule has 2 amide bonds. The van der Waals surface area contributed by atoms with Crippen molar-refractivity contribution in [3.8, 4) is 0 Å². The molecule has 9 heteroatoms. The van der Waals surface area contributed by atoms with Gasteiger partial charge in [0.05, 0.1) is 24.1 Å². The molecular formula is C13H17ClF3N3O2. The molecule has 0 aliphatic rings. The van der Waals surface area contributed by atoms with Crippen molar-refractivity contribution in [2.24, 2.45) is 11.5 Å². The summed E-state index contributed by atoms with van der Waals surface area (Å²) in [7, 11) is 0. The van der Waals surface area contributed by atoms with Crippen LogP contribution in [0.15, 0.2) is 24.3 Å². The predicted octanol–water partition coefficient (Wildman–Crippen LogP) is 1.51. The highest BCUT2D eigenvalue weighted by molar-refractivity contribution is 5.87. The standard InChI is InChI=1S/C13H16F3N3O2.ClH/c1-7(19-12(21)10(17)6-11(18)20)8-3-2-4-9(5-8)13(14,15)16;/h2-5,7,10H,6,17H2,1H3,(H2,18,20)(H,19,21);1H. The van der Waals surface area contributed by atoms with Crippen LogP contribution in [0.25, 0.3) is 0 Å². The molecule has 2 atom stereocenters. The topological polar surface area (TPSA) is 98.2 Å². The van der Waals surface area contributed by atoms with Crippen LogP contribution in [0.2, 0.25) is 0 Å². The van der Waals surface area contributed by atoms with Gasteiger partial charge in [-0.2, -0.15) is 13.2 Å². The second-order valence-corrected chi connectivity index (χ2v) is 4.63. The average Bonchev–Trinajstić information content (AvgIpc) is 2.37. The highest BCUT2D eigenvalue weighted by atomic mass is 35.5. The molecule has 124 valence electrons. The molecule has 2 unspecified atom stereocenters. The molecule has 1 aromatic carbocycles. The van der Waals surface area contributed by atoms with Crippen molar-refractivity contribution < 1.29 is 22.8 Å². The van der Waals surface area contributed by atoms with Gasteiger partial charge in [0.25, 0.3) is 0 Å². The lowest BCUT2D eigenvalue weighted by atomic mass is 10.0. The SMILES string of the molecule is CC(NC(=O)C(N)CC(N)=O)c1cccc(C(F)(F)F)c1.Cl. The lowest BCUT2D eigenvalue weighted by molar-refractivity contribution is -0.137. The Kier molecular flexibility index (Phi) is 7.34. The molecule has 0 aliphatic carbocycles. The summed E-state index contributed by atoms with van der Waals surface area (Å²) in [4.78, 5) is 22.3. The molecule has 0 bridgehead atoms. The first-order valence-electron chi connectivity index (χ1n) is 6.12. The van der Waals surface area contributed by atoms with E-state index in [-0.39, 0.29) is 24.4 Å². The molecule has 0 saturated heterocycles. The van der Waals surface area contributed by atoms with E-state index in [4.69, 9.17) is 11.5 Å². The fourth-order valence-corrected chi connectivity index (χ4v) is 1.70. The Morgan fingerprint density at radius 2 is 1.91 bits per heavy atom. The van der Waals surface area contributed by atoms with E-state index in [0.717, 1.165) is 12.1 Å². The van der Waals surface area contributed by atoms with Crippen LogP contribution in [0.5, 0.6) is 0 Å². The Bertz CT molecular complexity index is 538. The van der Waals surface area contributed by atoms with Gasteiger partial charge in [0, 0.05) is 0 Å². The lowest BCUT2D eigenvalue weighted by Gasteiger charge is -2.18. The maximum absolute atomic E-state index is 12.6. The summed E-state index contributed by atoms with van der Waals surface area (Å²) < 4.78 is 37.8. The van der Waals surface area contributed by atoms with E-state index in [1.807, 2.05) is 0 Å². The van der Waals surface area contributed by atoms with E-state index in [1.165, 1.54) is 19.1 Å². The molecule has 0 heterocycles. The molecule has 1 aromatic rings. The Balaban J connectivity index is 0.00000441. The zero-order chi connectivity index (χ0) is 16.2. The predicted molar refractivity (Wildman–Crippen MR) is 77.0 cm³/mol. The molecule has 1 rings (SSSR count). The number of alkyl halides is 3. The molecule has 0 fully saturated rings. The normalized spacial score (nSPS) is 13.7. The third-order valence-corrected chi connectivity index (χ3v) is 2.83. The van der Waals surface area contributed by atoms with Crippen molar-refractivity contribution in [2.75, 3.05) is 0 Å². The molecule has 5 N–H and O–H groups in total. The monoisotopic (exact) mass is 339 g/mol. The maximum atomic E-state index is 12.6. The summed E-state index contributed by atoms with van der Waals surface area (Å²) in [5, 5.41) is 2.44. The number of hydrogen-bond acceptors (Lipinski definition) is 3. The van der Waals surface area contributed by atoms with Crippen molar-refractivity contribution in [1.29, 1.82) is 0 Å². The van der Waals surface area contributed by atoms with Gasteiger partial charge in [0.1, 0.15) is 0 Å². The number of primary amides is 1. The van der Waals surface area contributed by atoms with Crippen LogP contribution in [0, 0.1) is 0 Å². The molecule has 0 aromatic heterocycles. The Morgan fingerprint density at radius 3 is 2.41 bits per heavy atom. The fourth-order valence-electron chi connectivity index (χ4n) is 1.70. The first-order valence-corrected chi connectivity index (χ1v) is 6.12. The third kappa shape index (κ3) is 5.90.